The highest BCUT2D eigenvalue weighted by Crippen LogP contribution is 2.37. The smallest absolute Gasteiger partial charge is 0.281 e. The Kier molecular flexibility index (Phi) is 7.74. The standard InChI is InChI=1S/C21H18BrN3O5S/c1-2-29-18-11-15(12-23-24-21(26)19-4-3-9-31-19)10-17(22)20(18)30-13-14-5-7-16(8-6-14)25(27)28/h3-12H,2,13H2,1H3,(H,24,26)/b23-12-. The van der Waals surface area contributed by atoms with E-state index in [0.717, 1.165) is 5.56 Å². The van der Waals surface area contributed by atoms with Crippen molar-refractivity contribution >= 4 is 45.1 Å². The second kappa shape index (κ2) is 10.7. The lowest BCUT2D eigenvalue weighted by atomic mass is 10.2. The van der Waals surface area contributed by atoms with Crippen molar-refractivity contribution in [2.24, 2.45) is 5.10 Å². The Morgan fingerprint density at radius 2 is 2.03 bits per heavy atom. The first-order chi connectivity index (χ1) is 15.0. The molecule has 160 valence electrons. The maximum atomic E-state index is 12.0. The summed E-state index contributed by atoms with van der Waals surface area (Å²) in [4.78, 5) is 22.9. The Hall–Kier alpha value is -3.24. The summed E-state index contributed by atoms with van der Waals surface area (Å²) in [5.41, 5.74) is 3.98. The van der Waals surface area contributed by atoms with Crippen molar-refractivity contribution in [3.05, 3.63) is 84.5 Å². The van der Waals surface area contributed by atoms with Gasteiger partial charge in [-0.2, -0.15) is 5.10 Å². The Balaban J connectivity index is 1.71. The van der Waals surface area contributed by atoms with E-state index in [0.29, 0.717) is 33.0 Å². The molecule has 0 fully saturated rings. The molecule has 1 amide bonds. The van der Waals surface area contributed by atoms with Gasteiger partial charge in [-0.25, -0.2) is 5.43 Å². The number of rotatable bonds is 9. The summed E-state index contributed by atoms with van der Waals surface area (Å²) in [5.74, 6) is 0.725. The van der Waals surface area contributed by atoms with Crippen molar-refractivity contribution in [1.29, 1.82) is 0 Å². The summed E-state index contributed by atoms with van der Waals surface area (Å²) in [6, 6.07) is 13.2. The number of non-ortho nitro benzene ring substituents is 1. The molecule has 0 atom stereocenters. The number of halogens is 1. The second-order valence-corrected chi connectivity index (χ2v) is 7.95. The Labute approximate surface area is 190 Å². The fourth-order valence-corrected chi connectivity index (χ4v) is 3.75. The number of hydrogen-bond donors (Lipinski definition) is 1. The third-order valence-corrected chi connectivity index (χ3v) is 5.44. The van der Waals surface area contributed by atoms with Gasteiger partial charge in [-0.1, -0.05) is 6.07 Å². The second-order valence-electron chi connectivity index (χ2n) is 6.15. The normalized spacial score (nSPS) is 10.8. The van der Waals surface area contributed by atoms with E-state index in [1.165, 1.54) is 29.7 Å². The topological polar surface area (TPSA) is 103 Å². The zero-order chi connectivity index (χ0) is 22.2. The number of carbonyl (C=O) groups is 1. The molecule has 1 N–H and O–H groups in total. The van der Waals surface area contributed by atoms with Gasteiger partial charge in [0.1, 0.15) is 6.61 Å². The highest BCUT2D eigenvalue weighted by atomic mass is 79.9. The van der Waals surface area contributed by atoms with E-state index >= 15 is 0 Å². The Bertz CT molecular complexity index is 1090. The zero-order valence-electron chi connectivity index (χ0n) is 16.4. The van der Waals surface area contributed by atoms with Crippen LogP contribution >= 0.6 is 27.3 Å². The van der Waals surface area contributed by atoms with Crippen LogP contribution in [0.25, 0.3) is 0 Å². The van der Waals surface area contributed by atoms with Crippen molar-refractivity contribution in [3.8, 4) is 11.5 Å². The molecule has 31 heavy (non-hydrogen) atoms. The fourth-order valence-electron chi connectivity index (χ4n) is 2.56. The van der Waals surface area contributed by atoms with Gasteiger partial charge in [0, 0.05) is 12.1 Å². The molecule has 0 aliphatic heterocycles. The molecule has 3 rings (SSSR count). The van der Waals surface area contributed by atoms with Gasteiger partial charge < -0.3 is 9.47 Å². The third kappa shape index (κ3) is 6.12. The summed E-state index contributed by atoms with van der Waals surface area (Å²) in [6.45, 7) is 2.49. The largest absolute Gasteiger partial charge is 0.490 e. The minimum absolute atomic E-state index is 0.0229. The van der Waals surface area contributed by atoms with Crippen LogP contribution in [0.4, 0.5) is 5.69 Å². The molecule has 0 aliphatic carbocycles. The molecular formula is C21H18BrN3O5S. The quantitative estimate of drug-likeness (QED) is 0.246. The highest BCUT2D eigenvalue weighted by Gasteiger charge is 2.13. The molecule has 0 saturated carbocycles. The van der Waals surface area contributed by atoms with Crippen molar-refractivity contribution < 1.29 is 19.2 Å². The summed E-state index contributed by atoms with van der Waals surface area (Å²) < 4.78 is 12.2. The number of nitro benzene ring substituents is 1. The third-order valence-electron chi connectivity index (χ3n) is 3.99. The number of benzene rings is 2. The number of carbonyl (C=O) groups excluding carboxylic acids is 1. The van der Waals surface area contributed by atoms with E-state index < -0.39 is 4.92 Å². The first-order valence-corrected chi connectivity index (χ1v) is 10.8. The van der Waals surface area contributed by atoms with Crippen LogP contribution in [0.2, 0.25) is 0 Å². The van der Waals surface area contributed by atoms with Gasteiger partial charge in [0.05, 0.1) is 27.1 Å². The summed E-state index contributed by atoms with van der Waals surface area (Å²) >= 11 is 4.82. The number of ether oxygens (including phenoxy) is 2. The van der Waals surface area contributed by atoms with E-state index in [2.05, 4.69) is 26.5 Å². The molecule has 0 radical (unpaired) electrons. The maximum absolute atomic E-state index is 12.0. The Morgan fingerprint density at radius 1 is 1.26 bits per heavy atom. The van der Waals surface area contributed by atoms with Crippen LogP contribution in [-0.2, 0) is 6.61 Å². The van der Waals surface area contributed by atoms with E-state index in [1.807, 2.05) is 12.3 Å². The predicted octanol–water partition coefficient (Wildman–Crippen LogP) is 5.16. The molecule has 0 bridgehead atoms. The number of amides is 1. The fraction of sp³-hybridized carbons (Fsp3) is 0.143. The van der Waals surface area contributed by atoms with Gasteiger partial charge in [-0.05, 0) is 69.7 Å². The van der Waals surface area contributed by atoms with E-state index in [1.54, 1.807) is 36.4 Å². The summed E-state index contributed by atoms with van der Waals surface area (Å²) in [7, 11) is 0. The lowest BCUT2D eigenvalue weighted by molar-refractivity contribution is -0.384. The average molecular weight is 504 g/mol. The van der Waals surface area contributed by atoms with E-state index in [9.17, 15) is 14.9 Å². The molecule has 3 aromatic rings. The number of hydrogen-bond acceptors (Lipinski definition) is 7. The van der Waals surface area contributed by atoms with Crippen molar-refractivity contribution in [2.75, 3.05) is 6.61 Å². The molecule has 10 heteroatoms. The number of hydrazone groups is 1. The molecule has 2 aromatic carbocycles. The van der Waals surface area contributed by atoms with Crippen LogP contribution in [0.5, 0.6) is 11.5 Å². The lowest BCUT2D eigenvalue weighted by Gasteiger charge is -2.14. The molecular weight excluding hydrogens is 486 g/mol. The number of thiophene rings is 1. The van der Waals surface area contributed by atoms with Crippen LogP contribution < -0.4 is 14.9 Å². The minimum atomic E-state index is -0.447. The van der Waals surface area contributed by atoms with Crippen LogP contribution in [0.1, 0.15) is 27.7 Å². The maximum Gasteiger partial charge on any atom is 0.281 e. The Morgan fingerprint density at radius 3 is 2.68 bits per heavy atom. The molecule has 0 saturated heterocycles. The van der Waals surface area contributed by atoms with Gasteiger partial charge in [0.25, 0.3) is 11.6 Å². The SMILES string of the molecule is CCOc1cc(/C=N\NC(=O)c2cccs2)cc(Br)c1OCc1ccc([N+](=O)[O-])cc1. The van der Waals surface area contributed by atoms with Gasteiger partial charge in [0.2, 0.25) is 0 Å². The summed E-state index contributed by atoms with van der Waals surface area (Å²) in [6.07, 6.45) is 1.51. The van der Waals surface area contributed by atoms with Gasteiger partial charge in [-0.3, -0.25) is 14.9 Å². The molecule has 0 spiro atoms. The van der Waals surface area contributed by atoms with Crippen molar-refractivity contribution in [1.82, 2.24) is 5.43 Å². The summed E-state index contributed by atoms with van der Waals surface area (Å²) in [5, 5.41) is 16.6. The highest BCUT2D eigenvalue weighted by molar-refractivity contribution is 9.10. The molecule has 0 aliphatic rings. The first-order valence-electron chi connectivity index (χ1n) is 9.17. The van der Waals surface area contributed by atoms with Crippen molar-refractivity contribution in [2.45, 2.75) is 13.5 Å². The molecule has 1 aromatic heterocycles. The van der Waals surface area contributed by atoms with Crippen molar-refractivity contribution in [3.63, 3.8) is 0 Å². The molecule has 1 heterocycles. The van der Waals surface area contributed by atoms with Gasteiger partial charge >= 0.3 is 0 Å². The van der Waals surface area contributed by atoms with Crippen LogP contribution in [0.3, 0.4) is 0 Å². The van der Waals surface area contributed by atoms with Crippen LogP contribution in [0, 0.1) is 10.1 Å². The van der Waals surface area contributed by atoms with E-state index in [-0.39, 0.29) is 18.2 Å². The van der Waals surface area contributed by atoms with Gasteiger partial charge in [0.15, 0.2) is 11.5 Å². The van der Waals surface area contributed by atoms with Crippen LogP contribution in [0.15, 0.2) is 63.5 Å². The number of nitrogens with one attached hydrogen (secondary N) is 1. The van der Waals surface area contributed by atoms with Gasteiger partial charge in [-0.15, -0.1) is 11.3 Å². The average Bonchev–Trinajstić information content (AvgIpc) is 3.29. The van der Waals surface area contributed by atoms with Crippen LogP contribution in [-0.4, -0.2) is 23.7 Å². The monoisotopic (exact) mass is 503 g/mol. The number of nitro groups is 1. The predicted molar refractivity (Wildman–Crippen MR) is 122 cm³/mol. The van der Waals surface area contributed by atoms with E-state index in [4.69, 9.17) is 9.47 Å². The number of nitrogens with zero attached hydrogens (tertiary/aromatic N) is 2. The minimum Gasteiger partial charge on any atom is -0.490 e. The first kappa shape index (κ1) is 22.4. The zero-order valence-corrected chi connectivity index (χ0v) is 18.8. The lowest BCUT2D eigenvalue weighted by Crippen LogP contribution is -2.16. The molecule has 8 nitrogen and oxygen atoms in total. The molecule has 0 unspecified atom stereocenters.